The third kappa shape index (κ3) is 4.09. The van der Waals surface area contributed by atoms with E-state index in [1.807, 2.05) is 0 Å². The first-order chi connectivity index (χ1) is 12.3. The maximum Gasteiger partial charge on any atom is 0.271 e. The molecule has 5 nitrogen and oxygen atoms in total. The Morgan fingerprint density at radius 3 is 2.58 bits per heavy atom. The van der Waals surface area contributed by atoms with Crippen molar-refractivity contribution in [3.63, 3.8) is 0 Å². The molecule has 134 valence electrons. The Labute approximate surface area is 154 Å². The fourth-order valence-electron chi connectivity index (χ4n) is 2.26. The number of hydrogen-bond donors (Lipinski definition) is 2. The minimum Gasteiger partial charge on any atom is -0.319 e. The number of hydrogen-bond acceptors (Lipinski definition) is 4. The first-order valence-corrected chi connectivity index (χ1v) is 9.95. The molecule has 3 aromatic rings. The third-order valence-electron chi connectivity index (χ3n) is 3.51. The van der Waals surface area contributed by atoms with Gasteiger partial charge in [-0.25, -0.2) is 12.8 Å². The summed E-state index contributed by atoms with van der Waals surface area (Å²) in [6, 6.07) is 13.6. The molecule has 3 rings (SSSR count). The molecular weight excluding hydrogens is 375 g/mol. The molecule has 0 saturated heterocycles. The van der Waals surface area contributed by atoms with Crippen molar-refractivity contribution in [3.8, 4) is 0 Å². The van der Waals surface area contributed by atoms with Crippen LogP contribution in [0.4, 0.5) is 15.8 Å². The van der Waals surface area contributed by atoms with Gasteiger partial charge < -0.3 is 5.32 Å². The van der Waals surface area contributed by atoms with Crippen LogP contribution in [0.3, 0.4) is 0 Å². The van der Waals surface area contributed by atoms with Crippen LogP contribution in [-0.4, -0.2) is 14.3 Å². The minimum absolute atomic E-state index is 0.0603. The molecule has 2 aromatic carbocycles. The summed E-state index contributed by atoms with van der Waals surface area (Å²) in [5.74, 6) is -1.07. The number of carbonyl (C=O) groups excluding carboxylic acids is 1. The molecule has 0 unspecified atom stereocenters. The third-order valence-corrected chi connectivity index (χ3v) is 6.29. The lowest BCUT2D eigenvalue weighted by atomic mass is 10.1. The summed E-state index contributed by atoms with van der Waals surface area (Å²) in [5.41, 5.74) is 1.25. The van der Waals surface area contributed by atoms with E-state index in [0.717, 1.165) is 16.9 Å². The van der Waals surface area contributed by atoms with Gasteiger partial charge in [-0.2, -0.15) is 0 Å². The number of aryl methyl sites for hydroxylation is 1. The van der Waals surface area contributed by atoms with Gasteiger partial charge in [0, 0.05) is 11.3 Å². The highest BCUT2D eigenvalue weighted by atomic mass is 32.2. The number of sulfonamides is 1. The van der Waals surface area contributed by atoms with E-state index in [4.69, 9.17) is 0 Å². The molecule has 26 heavy (non-hydrogen) atoms. The van der Waals surface area contributed by atoms with E-state index < -0.39 is 21.7 Å². The lowest BCUT2D eigenvalue weighted by Crippen LogP contribution is -2.15. The zero-order valence-corrected chi connectivity index (χ0v) is 15.3. The monoisotopic (exact) mass is 390 g/mol. The number of anilines is 2. The summed E-state index contributed by atoms with van der Waals surface area (Å²) in [7, 11) is -3.71. The Hall–Kier alpha value is -2.71. The molecule has 2 N–H and O–H groups in total. The average Bonchev–Trinajstić information content (AvgIpc) is 3.13. The van der Waals surface area contributed by atoms with Crippen LogP contribution in [0.5, 0.6) is 0 Å². The Balaban J connectivity index is 1.79. The number of amides is 1. The van der Waals surface area contributed by atoms with Gasteiger partial charge in [0.1, 0.15) is 10.0 Å². The molecule has 0 bridgehead atoms. The number of halogens is 1. The van der Waals surface area contributed by atoms with Gasteiger partial charge >= 0.3 is 0 Å². The molecule has 8 heteroatoms. The van der Waals surface area contributed by atoms with Crippen LogP contribution in [0.1, 0.15) is 15.9 Å². The smallest absolute Gasteiger partial charge is 0.271 e. The summed E-state index contributed by atoms with van der Waals surface area (Å²) in [6.07, 6.45) is 0. The molecule has 0 aliphatic rings. The van der Waals surface area contributed by atoms with E-state index in [-0.39, 0.29) is 21.1 Å². The maximum atomic E-state index is 13.9. The number of thiophene rings is 1. The van der Waals surface area contributed by atoms with Gasteiger partial charge in [0.25, 0.3) is 15.9 Å². The van der Waals surface area contributed by atoms with Crippen LogP contribution in [0, 0.1) is 12.7 Å². The zero-order valence-electron chi connectivity index (χ0n) is 13.7. The van der Waals surface area contributed by atoms with Crippen molar-refractivity contribution >= 4 is 38.6 Å². The van der Waals surface area contributed by atoms with Crippen LogP contribution in [0.15, 0.2) is 64.2 Å². The maximum absolute atomic E-state index is 13.9. The second-order valence-corrected chi connectivity index (χ2v) is 8.41. The number of nitrogens with one attached hydrogen (secondary N) is 2. The quantitative estimate of drug-likeness (QED) is 0.684. The highest BCUT2D eigenvalue weighted by molar-refractivity contribution is 7.94. The summed E-state index contributed by atoms with van der Waals surface area (Å²) >= 11 is 1.09. The molecule has 0 fully saturated rings. The SMILES string of the molecule is Cc1ccc(NC(=O)c2cccc(NS(=O)(=O)c3cccs3)c2)c(F)c1. The van der Waals surface area contributed by atoms with Gasteiger partial charge in [-0.15, -0.1) is 11.3 Å². The van der Waals surface area contributed by atoms with Crippen LogP contribution >= 0.6 is 11.3 Å². The van der Waals surface area contributed by atoms with Crippen molar-refractivity contribution in [3.05, 3.63) is 76.9 Å². The molecular formula is C18H15FN2O3S2. The molecule has 0 spiro atoms. The largest absolute Gasteiger partial charge is 0.319 e. The van der Waals surface area contributed by atoms with E-state index in [2.05, 4.69) is 10.0 Å². The second-order valence-electron chi connectivity index (χ2n) is 5.56. The molecule has 1 amide bonds. The zero-order chi connectivity index (χ0) is 18.7. The Morgan fingerprint density at radius 1 is 1.08 bits per heavy atom. The van der Waals surface area contributed by atoms with Gasteiger partial charge in [0.05, 0.1) is 5.69 Å². The second kappa shape index (κ2) is 7.27. The van der Waals surface area contributed by atoms with Gasteiger partial charge in [-0.05, 0) is 54.3 Å². The fraction of sp³-hybridized carbons (Fsp3) is 0.0556. The lowest BCUT2D eigenvalue weighted by Gasteiger charge is -2.10. The molecule has 0 radical (unpaired) electrons. The van der Waals surface area contributed by atoms with E-state index in [1.54, 1.807) is 30.5 Å². The van der Waals surface area contributed by atoms with Crippen molar-refractivity contribution in [2.24, 2.45) is 0 Å². The summed E-state index contributed by atoms with van der Waals surface area (Å²) < 4.78 is 41.0. The minimum atomic E-state index is -3.71. The number of rotatable bonds is 5. The Morgan fingerprint density at radius 2 is 1.88 bits per heavy atom. The van der Waals surface area contributed by atoms with Crippen molar-refractivity contribution in [1.29, 1.82) is 0 Å². The molecule has 1 aromatic heterocycles. The lowest BCUT2D eigenvalue weighted by molar-refractivity contribution is 0.102. The highest BCUT2D eigenvalue weighted by Gasteiger charge is 2.16. The predicted octanol–water partition coefficient (Wildman–Crippen LogP) is 4.25. The summed E-state index contributed by atoms with van der Waals surface area (Å²) in [5, 5.41) is 4.14. The molecule has 0 aliphatic heterocycles. The topological polar surface area (TPSA) is 75.3 Å². The predicted molar refractivity (Wildman–Crippen MR) is 101 cm³/mol. The van der Waals surface area contributed by atoms with Crippen LogP contribution in [-0.2, 0) is 10.0 Å². The molecule has 1 heterocycles. The van der Waals surface area contributed by atoms with Crippen molar-refractivity contribution in [2.75, 3.05) is 10.0 Å². The first kappa shape index (κ1) is 18.1. The molecule has 0 aliphatic carbocycles. The standard InChI is InChI=1S/C18H15FN2O3S2/c1-12-7-8-16(15(19)10-12)20-18(22)13-4-2-5-14(11-13)21-26(23,24)17-6-3-9-25-17/h2-11,21H,1H3,(H,20,22). The van der Waals surface area contributed by atoms with Gasteiger partial charge in [0.2, 0.25) is 0 Å². The van der Waals surface area contributed by atoms with Crippen molar-refractivity contribution in [2.45, 2.75) is 11.1 Å². The van der Waals surface area contributed by atoms with Crippen LogP contribution in [0.25, 0.3) is 0 Å². The van der Waals surface area contributed by atoms with Crippen molar-refractivity contribution in [1.82, 2.24) is 0 Å². The fourth-order valence-corrected chi connectivity index (χ4v) is 4.30. The average molecular weight is 390 g/mol. The Kier molecular flexibility index (Phi) is 5.06. The summed E-state index contributed by atoms with van der Waals surface area (Å²) in [6.45, 7) is 1.75. The van der Waals surface area contributed by atoms with Crippen LogP contribution < -0.4 is 10.0 Å². The van der Waals surface area contributed by atoms with E-state index in [9.17, 15) is 17.6 Å². The summed E-state index contributed by atoms with van der Waals surface area (Å²) in [4.78, 5) is 12.3. The van der Waals surface area contributed by atoms with E-state index in [1.165, 1.54) is 36.4 Å². The van der Waals surface area contributed by atoms with Gasteiger partial charge in [-0.3, -0.25) is 9.52 Å². The van der Waals surface area contributed by atoms with Gasteiger partial charge in [0.15, 0.2) is 0 Å². The molecule has 0 atom stereocenters. The van der Waals surface area contributed by atoms with Crippen LogP contribution in [0.2, 0.25) is 0 Å². The normalized spacial score (nSPS) is 11.2. The van der Waals surface area contributed by atoms with E-state index >= 15 is 0 Å². The Bertz CT molecular complexity index is 1050. The first-order valence-electron chi connectivity index (χ1n) is 7.59. The van der Waals surface area contributed by atoms with E-state index in [0.29, 0.717) is 0 Å². The highest BCUT2D eigenvalue weighted by Crippen LogP contribution is 2.22. The van der Waals surface area contributed by atoms with Crippen molar-refractivity contribution < 1.29 is 17.6 Å². The molecule has 0 saturated carbocycles. The number of benzene rings is 2. The van der Waals surface area contributed by atoms with Gasteiger partial charge in [-0.1, -0.05) is 18.2 Å². The number of carbonyl (C=O) groups is 1.